The minimum absolute atomic E-state index is 0.135. The van der Waals surface area contributed by atoms with Crippen molar-refractivity contribution in [2.45, 2.75) is 30.4 Å². The lowest BCUT2D eigenvalue weighted by molar-refractivity contribution is -0.131. The van der Waals surface area contributed by atoms with Crippen LogP contribution in [0.1, 0.15) is 18.4 Å². The van der Waals surface area contributed by atoms with E-state index in [-0.39, 0.29) is 17.8 Å². The number of ether oxygens (including phenoxy) is 1. The van der Waals surface area contributed by atoms with Gasteiger partial charge in [-0.15, -0.1) is 11.8 Å². The number of carbonyl (C=O) groups excluding carboxylic acids is 1. The van der Waals surface area contributed by atoms with E-state index in [0.29, 0.717) is 12.4 Å². The predicted octanol–water partition coefficient (Wildman–Crippen LogP) is 4.13. The van der Waals surface area contributed by atoms with Crippen LogP contribution in [0.3, 0.4) is 0 Å². The molecule has 25 heavy (non-hydrogen) atoms. The van der Waals surface area contributed by atoms with Crippen LogP contribution in [0.5, 0.6) is 0 Å². The fraction of sp³-hybridized carbons (Fsp3) is 0.350. The minimum Gasteiger partial charge on any atom is -0.373 e. The monoisotopic (exact) mass is 359 g/mol. The summed E-state index contributed by atoms with van der Waals surface area (Å²) in [5.74, 6) is 0.269. The first-order chi connectivity index (χ1) is 12.2. The van der Waals surface area contributed by atoms with Crippen LogP contribution >= 0.6 is 11.8 Å². The molecule has 1 aliphatic rings. The number of likely N-dealkylation sites (tertiary alicyclic amines) is 1. The van der Waals surface area contributed by atoms with Gasteiger partial charge < -0.3 is 9.64 Å². The third-order valence-corrected chi connectivity index (χ3v) is 5.30. The molecule has 1 aliphatic heterocycles. The standard InChI is InChI=1S/C20H22FNO2S/c21-17-6-8-19(9-7-17)25-15-20(23)22-12-10-18(11-13-22)24-14-16-4-2-1-3-5-16/h1-9,18H,10-15H2. The zero-order chi connectivity index (χ0) is 17.5. The summed E-state index contributed by atoms with van der Waals surface area (Å²) in [7, 11) is 0. The van der Waals surface area contributed by atoms with Crippen LogP contribution in [0.15, 0.2) is 59.5 Å². The molecule has 0 aliphatic carbocycles. The highest BCUT2D eigenvalue weighted by molar-refractivity contribution is 8.00. The Hall–Kier alpha value is -1.85. The van der Waals surface area contributed by atoms with E-state index in [1.165, 1.54) is 29.5 Å². The van der Waals surface area contributed by atoms with Gasteiger partial charge in [-0.2, -0.15) is 0 Å². The smallest absolute Gasteiger partial charge is 0.232 e. The van der Waals surface area contributed by atoms with Gasteiger partial charge in [-0.3, -0.25) is 4.79 Å². The van der Waals surface area contributed by atoms with Gasteiger partial charge in [0.05, 0.1) is 18.5 Å². The summed E-state index contributed by atoms with van der Waals surface area (Å²) >= 11 is 1.45. The van der Waals surface area contributed by atoms with Crippen LogP contribution in [0.2, 0.25) is 0 Å². The van der Waals surface area contributed by atoms with Gasteiger partial charge in [0.1, 0.15) is 5.82 Å². The van der Waals surface area contributed by atoms with E-state index in [2.05, 4.69) is 12.1 Å². The molecule has 0 unspecified atom stereocenters. The van der Waals surface area contributed by atoms with Crippen LogP contribution < -0.4 is 0 Å². The maximum absolute atomic E-state index is 12.9. The van der Waals surface area contributed by atoms with Crippen LogP contribution in [0.4, 0.5) is 4.39 Å². The highest BCUT2D eigenvalue weighted by Crippen LogP contribution is 2.21. The Morgan fingerprint density at radius 3 is 2.44 bits per heavy atom. The van der Waals surface area contributed by atoms with Gasteiger partial charge in [0.25, 0.3) is 0 Å². The van der Waals surface area contributed by atoms with Gasteiger partial charge in [-0.25, -0.2) is 4.39 Å². The van der Waals surface area contributed by atoms with E-state index < -0.39 is 0 Å². The number of halogens is 1. The van der Waals surface area contributed by atoms with Crippen LogP contribution in [-0.2, 0) is 16.1 Å². The van der Waals surface area contributed by atoms with Gasteiger partial charge in [0.2, 0.25) is 5.91 Å². The Balaban J connectivity index is 1.38. The molecule has 5 heteroatoms. The first-order valence-corrected chi connectivity index (χ1v) is 9.51. The number of nitrogens with zero attached hydrogens (tertiary/aromatic N) is 1. The number of thioether (sulfide) groups is 1. The Morgan fingerprint density at radius 1 is 1.08 bits per heavy atom. The Morgan fingerprint density at radius 2 is 1.76 bits per heavy atom. The van der Waals surface area contributed by atoms with Crippen LogP contribution in [-0.4, -0.2) is 35.8 Å². The average molecular weight is 359 g/mol. The summed E-state index contributed by atoms with van der Waals surface area (Å²) in [6, 6.07) is 16.4. The molecule has 0 spiro atoms. The van der Waals surface area contributed by atoms with Gasteiger partial charge in [-0.05, 0) is 42.7 Å². The number of amides is 1. The van der Waals surface area contributed by atoms with E-state index in [0.717, 1.165) is 30.8 Å². The molecule has 3 nitrogen and oxygen atoms in total. The topological polar surface area (TPSA) is 29.5 Å². The van der Waals surface area contributed by atoms with E-state index in [4.69, 9.17) is 4.74 Å². The molecule has 0 aromatic heterocycles. The number of benzene rings is 2. The summed E-state index contributed by atoms with van der Waals surface area (Å²) in [6.07, 6.45) is 1.97. The third-order valence-electron chi connectivity index (χ3n) is 4.30. The van der Waals surface area contributed by atoms with Crippen molar-refractivity contribution < 1.29 is 13.9 Å². The molecule has 0 saturated carbocycles. The minimum atomic E-state index is -0.256. The molecule has 1 saturated heterocycles. The number of hydrogen-bond acceptors (Lipinski definition) is 3. The largest absolute Gasteiger partial charge is 0.373 e. The maximum atomic E-state index is 12.9. The lowest BCUT2D eigenvalue weighted by atomic mass is 10.1. The average Bonchev–Trinajstić information content (AvgIpc) is 2.67. The lowest BCUT2D eigenvalue weighted by Crippen LogP contribution is -2.41. The first kappa shape index (κ1) is 18.0. The molecule has 3 rings (SSSR count). The van der Waals surface area contributed by atoms with Crippen molar-refractivity contribution in [3.63, 3.8) is 0 Å². The Kier molecular flexibility index (Phi) is 6.48. The van der Waals surface area contributed by atoms with Gasteiger partial charge >= 0.3 is 0 Å². The van der Waals surface area contributed by atoms with Crippen LogP contribution in [0, 0.1) is 5.82 Å². The molecule has 2 aromatic rings. The molecule has 2 aromatic carbocycles. The van der Waals surface area contributed by atoms with Gasteiger partial charge in [0, 0.05) is 18.0 Å². The second kappa shape index (κ2) is 9.02. The molecular weight excluding hydrogens is 337 g/mol. The SMILES string of the molecule is O=C(CSc1ccc(F)cc1)N1CCC(OCc2ccccc2)CC1. The van der Waals surface area contributed by atoms with Crippen molar-refractivity contribution in [2.75, 3.05) is 18.8 Å². The fourth-order valence-electron chi connectivity index (χ4n) is 2.83. The molecular formula is C20H22FNO2S. The number of carbonyl (C=O) groups is 1. The molecule has 0 radical (unpaired) electrons. The van der Waals surface area contributed by atoms with Gasteiger partial charge in [0.15, 0.2) is 0 Å². The molecule has 0 N–H and O–H groups in total. The van der Waals surface area contributed by atoms with Crippen molar-refractivity contribution in [1.29, 1.82) is 0 Å². The number of hydrogen-bond donors (Lipinski definition) is 0. The van der Waals surface area contributed by atoms with Crippen molar-refractivity contribution in [3.8, 4) is 0 Å². The van der Waals surface area contributed by atoms with Crippen molar-refractivity contribution in [3.05, 3.63) is 66.0 Å². The van der Waals surface area contributed by atoms with E-state index in [1.54, 1.807) is 12.1 Å². The van der Waals surface area contributed by atoms with Crippen LogP contribution in [0.25, 0.3) is 0 Å². The normalized spacial score (nSPS) is 15.3. The summed E-state index contributed by atoms with van der Waals surface area (Å²) in [6.45, 7) is 2.10. The van der Waals surface area contributed by atoms with Gasteiger partial charge in [-0.1, -0.05) is 30.3 Å². The zero-order valence-corrected chi connectivity index (χ0v) is 14.9. The number of rotatable bonds is 6. The molecule has 132 valence electrons. The molecule has 1 heterocycles. The molecule has 1 amide bonds. The summed E-state index contributed by atoms with van der Waals surface area (Å²) in [5.41, 5.74) is 1.18. The maximum Gasteiger partial charge on any atom is 0.232 e. The second-order valence-corrected chi connectivity index (χ2v) is 7.17. The fourth-order valence-corrected chi connectivity index (χ4v) is 3.63. The summed E-state index contributed by atoms with van der Waals surface area (Å²) in [4.78, 5) is 15.1. The highest BCUT2D eigenvalue weighted by Gasteiger charge is 2.23. The third kappa shape index (κ3) is 5.58. The van der Waals surface area contributed by atoms with Crippen molar-refractivity contribution in [2.24, 2.45) is 0 Å². The van der Waals surface area contributed by atoms with E-state index in [1.807, 2.05) is 23.1 Å². The predicted molar refractivity (Wildman–Crippen MR) is 98.0 cm³/mol. The second-order valence-electron chi connectivity index (χ2n) is 6.12. The first-order valence-electron chi connectivity index (χ1n) is 8.52. The quantitative estimate of drug-likeness (QED) is 0.727. The Bertz CT molecular complexity index is 670. The Labute approximate surface area is 152 Å². The van der Waals surface area contributed by atoms with E-state index in [9.17, 15) is 9.18 Å². The molecule has 1 fully saturated rings. The van der Waals surface area contributed by atoms with Crippen molar-refractivity contribution in [1.82, 2.24) is 4.90 Å². The van der Waals surface area contributed by atoms with E-state index >= 15 is 0 Å². The summed E-state index contributed by atoms with van der Waals surface area (Å²) < 4.78 is 18.8. The molecule has 0 bridgehead atoms. The number of piperidine rings is 1. The highest BCUT2D eigenvalue weighted by atomic mass is 32.2. The van der Waals surface area contributed by atoms with Crippen molar-refractivity contribution >= 4 is 17.7 Å². The molecule has 0 atom stereocenters. The lowest BCUT2D eigenvalue weighted by Gasteiger charge is -2.32. The summed E-state index contributed by atoms with van der Waals surface area (Å²) in [5, 5.41) is 0. The zero-order valence-electron chi connectivity index (χ0n) is 14.1.